The number of hydrogen-bond acceptors (Lipinski definition) is 3. The van der Waals surface area contributed by atoms with Gasteiger partial charge < -0.3 is 16.0 Å². The molecule has 2 unspecified atom stereocenters. The Morgan fingerprint density at radius 1 is 1.41 bits per heavy atom. The van der Waals surface area contributed by atoms with Crippen LogP contribution in [0.3, 0.4) is 0 Å². The number of amides is 1. The van der Waals surface area contributed by atoms with Crippen LogP contribution in [0.25, 0.3) is 0 Å². The van der Waals surface area contributed by atoms with E-state index in [-0.39, 0.29) is 17.4 Å². The van der Waals surface area contributed by atoms with Crippen LogP contribution in [0.15, 0.2) is 0 Å². The third kappa shape index (κ3) is 6.03. The quantitative estimate of drug-likeness (QED) is 0.706. The van der Waals surface area contributed by atoms with Gasteiger partial charge in [-0.3, -0.25) is 4.79 Å². The summed E-state index contributed by atoms with van der Waals surface area (Å²) in [5, 5.41) is 3.11. The maximum absolute atomic E-state index is 11.2. The fourth-order valence-electron chi connectivity index (χ4n) is 1.78. The Bertz CT molecular complexity index is 235. The molecule has 0 aliphatic heterocycles. The van der Waals surface area contributed by atoms with Crippen molar-refractivity contribution >= 4 is 5.91 Å². The monoisotopic (exact) mass is 243 g/mol. The van der Waals surface area contributed by atoms with Crippen molar-refractivity contribution in [1.82, 2.24) is 10.2 Å². The van der Waals surface area contributed by atoms with Crippen LogP contribution < -0.4 is 11.1 Å². The summed E-state index contributed by atoms with van der Waals surface area (Å²) in [5.74, 6) is -0.260. The molecule has 0 aliphatic carbocycles. The smallest absolute Gasteiger partial charge is 0.234 e. The highest BCUT2D eigenvalue weighted by atomic mass is 16.1. The summed E-state index contributed by atoms with van der Waals surface area (Å²) in [6.07, 6.45) is 0.764. The fourth-order valence-corrected chi connectivity index (χ4v) is 1.78. The van der Waals surface area contributed by atoms with Crippen molar-refractivity contribution < 1.29 is 4.79 Å². The number of likely N-dealkylation sites (N-methyl/N-ethyl adjacent to an activating group) is 1. The summed E-state index contributed by atoms with van der Waals surface area (Å²) in [6.45, 7) is 12.5. The van der Waals surface area contributed by atoms with Gasteiger partial charge in [-0.15, -0.1) is 0 Å². The Labute approximate surface area is 106 Å². The molecule has 0 saturated carbocycles. The topological polar surface area (TPSA) is 58.4 Å². The van der Waals surface area contributed by atoms with Crippen molar-refractivity contribution in [2.24, 2.45) is 11.1 Å². The van der Waals surface area contributed by atoms with Crippen molar-refractivity contribution in [2.75, 3.05) is 20.1 Å². The molecule has 0 aromatic rings. The number of carbonyl (C=O) groups excluding carboxylic acids is 1. The van der Waals surface area contributed by atoms with Gasteiger partial charge in [-0.25, -0.2) is 0 Å². The second-order valence-corrected chi connectivity index (χ2v) is 5.82. The summed E-state index contributed by atoms with van der Waals surface area (Å²) in [6, 6.07) is 0.257. The normalized spacial score (nSPS) is 15.9. The lowest BCUT2D eigenvalue weighted by atomic mass is 9.87. The Hall–Kier alpha value is -0.610. The largest absolute Gasteiger partial charge is 0.368 e. The Balaban J connectivity index is 4.21. The maximum Gasteiger partial charge on any atom is 0.234 e. The lowest BCUT2D eigenvalue weighted by Gasteiger charge is -2.35. The van der Waals surface area contributed by atoms with E-state index in [4.69, 9.17) is 5.73 Å². The van der Waals surface area contributed by atoms with Gasteiger partial charge in [0.05, 0.1) is 6.04 Å². The van der Waals surface area contributed by atoms with E-state index >= 15 is 0 Å². The minimum absolute atomic E-state index is 0.213. The van der Waals surface area contributed by atoms with Crippen LogP contribution in [0.5, 0.6) is 0 Å². The summed E-state index contributed by atoms with van der Waals surface area (Å²) in [5.41, 5.74) is 5.60. The van der Waals surface area contributed by atoms with Gasteiger partial charge in [-0.1, -0.05) is 27.7 Å². The van der Waals surface area contributed by atoms with Gasteiger partial charge in [-0.2, -0.15) is 0 Å². The van der Waals surface area contributed by atoms with Crippen LogP contribution in [-0.2, 0) is 4.79 Å². The van der Waals surface area contributed by atoms with Crippen molar-refractivity contribution in [3.63, 3.8) is 0 Å². The molecule has 2 atom stereocenters. The molecule has 0 spiro atoms. The molecule has 0 aromatic heterocycles. The molecule has 4 nitrogen and oxygen atoms in total. The molecule has 0 aromatic carbocycles. The van der Waals surface area contributed by atoms with Crippen LogP contribution in [0.4, 0.5) is 0 Å². The number of nitrogens with one attached hydrogen (secondary N) is 1. The molecule has 0 heterocycles. The number of rotatable bonds is 7. The van der Waals surface area contributed by atoms with Gasteiger partial charge >= 0.3 is 0 Å². The molecule has 3 N–H and O–H groups in total. The first-order valence-corrected chi connectivity index (χ1v) is 6.43. The van der Waals surface area contributed by atoms with Crippen molar-refractivity contribution in [3.8, 4) is 0 Å². The molecule has 102 valence electrons. The number of nitrogens with zero attached hydrogens (tertiary/aromatic N) is 1. The Morgan fingerprint density at radius 2 is 1.94 bits per heavy atom. The second kappa shape index (κ2) is 6.97. The highest BCUT2D eigenvalue weighted by Gasteiger charge is 2.24. The van der Waals surface area contributed by atoms with Crippen LogP contribution in [0.2, 0.25) is 0 Å². The van der Waals surface area contributed by atoms with Gasteiger partial charge in [0.25, 0.3) is 0 Å². The average molecular weight is 243 g/mol. The van der Waals surface area contributed by atoms with Gasteiger partial charge in [0.1, 0.15) is 0 Å². The molecule has 0 saturated heterocycles. The zero-order chi connectivity index (χ0) is 13.6. The molecule has 17 heavy (non-hydrogen) atoms. The summed E-state index contributed by atoms with van der Waals surface area (Å²) in [7, 11) is 2.10. The Morgan fingerprint density at radius 3 is 2.29 bits per heavy atom. The first-order valence-electron chi connectivity index (χ1n) is 6.43. The van der Waals surface area contributed by atoms with Crippen molar-refractivity contribution in [3.05, 3.63) is 0 Å². The molecule has 0 fully saturated rings. The molecule has 0 aliphatic rings. The molecule has 0 radical (unpaired) electrons. The SMILES string of the molecule is CCNC(CCN(C)C(C)C(C)(C)C)C(N)=O. The summed E-state index contributed by atoms with van der Waals surface area (Å²) < 4.78 is 0. The van der Waals surface area contributed by atoms with Gasteiger partial charge in [0, 0.05) is 12.6 Å². The highest BCUT2D eigenvalue weighted by Crippen LogP contribution is 2.23. The lowest BCUT2D eigenvalue weighted by Crippen LogP contribution is -2.45. The van der Waals surface area contributed by atoms with Crippen molar-refractivity contribution in [1.29, 1.82) is 0 Å². The van der Waals surface area contributed by atoms with E-state index in [0.717, 1.165) is 19.5 Å². The second-order valence-electron chi connectivity index (χ2n) is 5.82. The highest BCUT2D eigenvalue weighted by molar-refractivity contribution is 5.79. The standard InChI is InChI=1S/C13H29N3O/c1-7-15-11(12(14)17)8-9-16(6)10(2)13(3,4)5/h10-11,15H,7-9H2,1-6H3,(H2,14,17). The number of carbonyl (C=O) groups is 1. The average Bonchev–Trinajstić information content (AvgIpc) is 2.20. The van der Waals surface area contributed by atoms with E-state index < -0.39 is 0 Å². The minimum atomic E-state index is -0.260. The number of nitrogens with two attached hydrogens (primary N) is 1. The number of hydrogen-bond donors (Lipinski definition) is 2. The van der Waals surface area contributed by atoms with Crippen LogP contribution >= 0.6 is 0 Å². The summed E-state index contributed by atoms with van der Waals surface area (Å²) in [4.78, 5) is 13.5. The van der Waals surface area contributed by atoms with E-state index in [1.54, 1.807) is 0 Å². The summed E-state index contributed by atoms with van der Waals surface area (Å²) >= 11 is 0. The fraction of sp³-hybridized carbons (Fsp3) is 0.923. The molecule has 0 rings (SSSR count). The zero-order valence-corrected chi connectivity index (χ0v) is 12.2. The molecular weight excluding hydrogens is 214 g/mol. The molecule has 0 bridgehead atoms. The molecule has 1 amide bonds. The van der Waals surface area contributed by atoms with Crippen LogP contribution in [0.1, 0.15) is 41.0 Å². The van der Waals surface area contributed by atoms with Crippen LogP contribution in [-0.4, -0.2) is 43.0 Å². The first kappa shape index (κ1) is 16.4. The molecule has 4 heteroatoms. The van der Waals surface area contributed by atoms with Gasteiger partial charge in [0.2, 0.25) is 5.91 Å². The Kier molecular flexibility index (Phi) is 6.72. The van der Waals surface area contributed by atoms with E-state index in [2.05, 4.69) is 45.0 Å². The minimum Gasteiger partial charge on any atom is -0.368 e. The molecular formula is C13H29N3O. The zero-order valence-electron chi connectivity index (χ0n) is 12.2. The third-order valence-electron chi connectivity index (χ3n) is 3.48. The van der Waals surface area contributed by atoms with E-state index in [0.29, 0.717) is 6.04 Å². The number of primary amides is 1. The predicted octanol–water partition coefficient (Wildman–Crippen LogP) is 1.21. The third-order valence-corrected chi connectivity index (χ3v) is 3.48. The van der Waals surface area contributed by atoms with E-state index in [9.17, 15) is 4.79 Å². The van der Waals surface area contributed by atoms with E-state index in [1.807, 2.05) is 6.92 Å². The first-order chi connectivity index (χ1) is 7.70. The van der Waals surface area contributed by atoms with E-state index in [1.165, 1.54) is 0 Å². The van der Waals surface area contributed by atoms with Crippen molar-refractivity contribution in [2.45, 2.75) is 53.1 Å². The lowest BCUT2D eigenvalue weighted by molar-refractivity contribution is -0.120. The van der Waals surface area contributed by atoms with Crippen LogP contribution in [0, 0.1) is 5.41 Å². The van der Waals surface area contributed by atoms with Gasteiger partial charge in [0.15, 0.2) is 0 Å². The maximum atomic E-state index is 11.2. The van der Waals surface area contributed by atoms with Gasteiger partial charge in [-0.05, 0) is 32.4 Å². The predicted molar refractivity (Wildman–Crippen MR) is 72.8 cm³/mol.